The van der Waals surface area contributed by atoms with Gasteiger partial charge in [-0.25, -0.2) is 0 Å². The van der Waals surface area contributed by atoms with E-state index in [1.807, 2.05) is 0 Å². The van der Waals surface area contributed by atoms with Crippen molar-refractivity contribution in [2.75, 3.05) is 19.7 Å². The van der Waals surface area contributed by atoms with Crippen molar-refractivity contribution in [2.45, 2.75) is 6.42 Å². The van der Waals surface area contributed by atoms with Gasteiger partial charge in [-0.2, -0.15) is 0 Å². The molecule has 0 radical (unpaired) electrons. The largest absolute Gasteiger partial charge is 0.396 e. The summed E-state index contributed by atoms with van der Waals surface area (Å²) in [7, 11) is 0. The van der Waals surface area contributed by atoms with Gasteiger partial charge >= 0.3 is 0 Å². The molecule has 2 nitrogen and oxygen atoms in total. The molecule has 0 aliphatic carbocycles. The highest BCUT2D eigenvalue weighted by atomic mass is 35.5. The van der Waals surface area contributed by atoms with Crippen molar-refractivity contribution in [3.8, 4) is 0 Å². The highest BCUT2D eigenvalue weighted by Crippen LogP contribution is 1.69. The summed E-state index contributed by atoms with van der Waals surface area (Å²) in [5, 5.41) is 11.4. The maximum Gasteiger partial charge on any atom is 0.0443 e. The lowest BCUT2D eigenvalue weighted by atomic mass is 10.4. The molecule has 0 aliphatic heterocycles. The minimum absolute atomic E-state index is 0. The van der Waals surface area contributed by atoms with E-state index in [0.29, 0.717) is 0 Å². The first-order valence-electron chi connectivity index (χ1n) is 2.84. The van der Waals surface area contributed by atoms with Gasteiger partial charge in [-0.15, -0.1) is 19.0 Å². The summed E-state index contributed by atoms with van der Waals surface area (Å²) in [5.74, 6) is 0. The third kappa shape index (κ3) is 11.5. The number of hydrogen-bond acceptors (Lipinski definition) is 2. The molecule has 0 bridgehead atoms. The Morgan fingerprint density at radius 1 is 1.56 bits per heavy atom. The first-order valence-corrected chi connectivity index (χ1v) is 2.84. The molecule has 9 heavy (non-hydrogen) atoms. The predicted octanol–water partition coefficient (Wildman–Crippen LogP) is 0.566. The lowest BCUT2D eigenvalue weighted by Gasteiger charge is -1.95. The Hall–Kier alpha value is -0.0500. The fourth-order valence-corrected chi connectivity index (χ4v) is 0.408. The topological polar surface area (TPSA) is 32.3 Å². The highest BCUT2D eigenvalue weighted by molar-refractivity contribution is 5.85. The average molecular weight is 152 g/mol. The number of halogens is 1. The van der Waals surface area contributed by atoms with E-state index in [1.165, 1.54) is 0 Å². The van der Waals surface area contributed by atoms with Gasteiger partial charge in [0.15, 0.2) is 0 Å². The van der Waals surface area contributed by atoms with Gasteiger partial charge in [0.1, 0.15) is 0 Å². The number of aliphatic hydroxyl groups excluding tert-OH is 1. The van der Waals surface area contributed by atoms with Gasteiger partial charge in [0.05, 0.1) is 0 Å². The van der Waals surface area contributed by atoms with Crippen LogP contribution >= 0.6 is 12.4 Å². The molecule has 0 fully saturated rings. The predicted molar refractivity (Wildman–Crippen MR) is 42.0 cm³/mol. The van der Waals surface area contributed by atoms with E-state index in [0.717, 1.165) is 19.5 Å². The van der Waals surface area contributed by atoms with Crippen molar-refractivity contribution in [3.63, 3.8) is 0 Å². The van der Waals surface area contributed by atoms with Crippen LogP contribution in [0.4, 0.5) is 0 Å². The van der Waals surface area contributed by atoms with Crippen LogP contribution in [0.5, 0.6) is 0 Å². The zero-order chi connectivity index (χ0) is 6.24. The monoisotopic (exact) mass is 151 g/mol. The minimum Gasteiger partial charge on any atom is -0.396 e. The Bertz CT molecular complexity index is 59.0. The smallest absolute Gasteiger partial charge is 0.0443 e. The second-order valence-electron chi connectivity index (χ2n) is 1.57. The van der Waals surface area contributed by atoms with E-state index >= 15 is 0 Å². The maximum atomic E-state index is 8.30. The standard InChI is InChI=1S/C6H13NO.ClH/c1-2-4-7-5-3-6-8;/h2,7-8H,1,3-6H2;1H. The summed E-state index contributed by atoms with van der Waals surface area (Å²) < 4.78 is 0. The average Bonchev–Trinajstić information content (AvgIpc) is 1.81. The molecule has 0 aromatic heterocycles. The highest BCUT2D eigenvalue weighted by Gasteiger charge is 1.79. The summed E-state index contributed by atoms with van der Waals surface area (Å²) in [6.07, 6.45) is 2.63. The Balaban J connectivity index is 0. The fraction of sp³-hybridized carbons (Fsp3) is 0.667. The van der Waals surface area contributed by atoms with Gasteiger partial charge in [0, 0.05) is 13.2 Å². The van der Waals surface area contributed by atoms with Gasteiger partial charge in [-0.05, 0) is 13.0 Å². The molecule has 0 aromatic carbocycles. The number of nitrogens with one attached hydrogen (secondary N) is 1. The second-order valence-corrected chi connectivity index (χ2v) is 1.57. The van der Waals surface area contributed by atoms with Crippen molar-refractivity contribution >= 4 is 12.4 Å². The van der Waals surface area contributed by atoms with Crippen molar-refractivity contribution < 1.29 is 5.11 Å². The van der Waals surface area contributed by atoms with E-state index in [-0.39, 0.29) is 19.0 Å². The maximum absolute atomic E-state index is 8.30. The molecule has 0 unspecified atom stereocenters. The Morgan fingerprint density at radius 3 is 2.67 bits per heavy atom. The molecule has 0 saturated heterocycles. The van der Waals surface area contributed by atoms with Gasteiger partial charge in [0.2, 0.25) is 0 Å². The van der Waals surface area contributed by atoms with Gasteiger partial charge in [-0.1, -0.05) is 6.08 Å². The summed E-state index contributed by atoms with van der Waals surface area (Å²) in [4.78, 5) is 0. The molecule has 0 aromatic rings. The number of rotatable bonds is 5. The summed E-state index contributed by atoms with van der Waals surface area (Å²) in [6.45, 7) is 5.51. The molecule has 56 valence electrons. The van der Waals surface area contributed by atoms with Crippen LogP contribution in [-0.2, 0) is 0 Å². The van der Waals surface area contributed by atoms with Gasteiger partial charge in [-0.3, -0.25) is 0 Å². The van der Waals surface area contributed by atoms with Gasteiger partial charge < -0.3 is 10.4 Å². The zero-order valence-electron chi connectivity index (χ0n) is 5.47. The third-order valence-corrected chi connectivity index (χ3v) is 0.800. The van der Waals surface area contributed by atoms with E-state index in [4.69, 9.17) is 5.11 Å². The first kappa shape index (κ1) is 11.7. The van der Waals surface area contributed by atoms with Gasteiger partial charge in [0.25, 0.3) is 0 Å². The summed E-state index contributed by atoms with van der Waals surface area (Å²) >= 11 is 0. The molecule has 3 heteroatoms. The lowest BCUT2D eigenvalue weighted by molar-refractivity contribution is 0.287. The van der Waals surface area contributed by atoms with Crippen LogP contribution in [-0.4, -0.2) is 24.8 Å². The van der Waals surface area contributed by atoms with E-state index in [9.17, 15) is 0 Å². The van der Waals surface area contributed by atoms with Crippen LogP contribution in [0.1, 0.15) is 6.42 Å². The second kappa shape index (κ2) is 10.8. The van der Waals surface area contributed by atoms with Crippen LogP contribution < -0.4 is 5.32 Å². The molecular formula is C6H14ClNO. The molecule has 0 atom stereocenters. The van der Waals surface area contributed by atoms with E-state index in [1.54, 1.807) is 6.08 Å². The van der Waals surface area contributed by atoms with Crippen LogP contribution in [0.2, 0.25) is 0 Å². The molecule has 0 spiro atoms. The van der Waals surface area contributed by atoms with E-state index < -0.39 is 0 Å². The first-order chi connectivity index (χ1) is 3.91. The summed E-state index contributed by atoms with van der Waals surface area (Å²) in [6, 6.07) is 0. The molecule has 0 amide bonds. The molecule has 0 aliphatic rings. The van der Waals surface area contributed by atoms with Crippen molar-refractivity contribution in [1.29, 1.82) is 0 Å². The van der Waals surface area contributed by atoms with E-state index in [2.05, 4.69) is 11.9 Å². The van der Waals surface area contributed by atoms with Crippen molar-refractivity contribution in [1.82, 2.24) is 5.32 Å². The van der Waals surface area contributed by atoms with Crippen molar-refractivity contribution in [3.05, 3.63) is 12.7 Å². The zero-order valence-corrected chi connectivity index (χ0v) is 6.28. The Morgan fingerprint density at radius 2 is 2.22 bits per heavy atom. The lowest BCUT2D eigenvalue weighted by Crippen LogP contribution is -2.15. The van der Waals surface area contributed by atoms with Crippen LogP contribution in [0.3, 0.4) is 0 Å². The normalized spacial score (nSPS) is 8.11. The molecular weight excluding hydrogens is 138 g/mol. The third-order valence-electron chi connectivity index (χ3n) is 0.800. The van der Waals surface area contributed by atoms with Crippen molar-refractivity contribution in [2.24, 2.45) is 0 Å². The minimum atomic E-state index is 0. The summed E-state index contributed by atoms with van der Waals surface area (Å²) in [5.41, 5.74) is 0. The van der Waals surface area contributed by atoms with Crippen LogP contribution in [0, 0.1) is 0 Å². The molecule has 0 saturated carbocycles. The SMILES string of the molecule is C=CCNCCCO.Cl. The quantitative estimate of drug-likeness (QED) is 0.445. The number of hydrogen-bond donors (Lipinski definition) is 2. The fourth-order valence-electron chi connectivity index (χ4n) is 0.408. The molecule has 0 rings (SSSR count). The number of aliphatic hydroxyl groups is 1. The Labute approximate surface area is 62.4 Å². The molecule has 2 N–H and O–H groups in total. The van der Waals surface area contributed by atoms with Crippen LogP contribution in [0.25, 0.3) is 0 Å². The molecule has 0 heterocycles. The van der Waals surface area contributed by atoms with Crippen LogP contribution in [0.15, 0.2) is 12.7 Å². The Kier molecular flexibility index (Phi) is 14.1.